The van der Waals surface area contributed by atoms with Gasteiger partial charge in [0.2, 0.25) is 0 Å². The molecule has 0 aliphatic rings. The lowest BCUT2D eigenvalue weighted by atomic mass is 10.0. The predicted molar refractivity (Wildman–Crippen MR) is 145 cm³/mol. The van der Waals surface area contributed by atoms with Gasteiger partial charge >= 0.3 is 0 Å². The fourth-order valence-corrected chi connectivity index (χ4v) is 4.76. The van der Waals surface area contributed by atoms with Crippen molar-refractivity contribution in [1.29, 1.82) is 0 Å². The summed E-state index contributed by atoms with van der Waals surface area (Å²) < 4.78 is 3.50. The van der Waals surface area contributed by atoms with Crippen LogP contribution in [0.4, 0.5) is 0 Å². The first-order chi connectivity index (χ1) is 16.2. The van der Waals surface area contributed by atoms with Gasteiger partial charge < -0.3 is 4.57 Å². The van der Waals surface area contributed by atoms with Gasteiger partial charge in [0.25, 0.3) is 0 Å². The summed E-state index contributed by atoms with van der Waals surface area (Å²) in [5.74, 6) is 0. The Morgan fingerprint density at radius 2 is 1.18 bits per heavy atom. The summed E-state index contributed by atoms with van der Waals surface area (Å²) in [7, 11) is 0. The van der Waals surface area contributed by atoms with Crippen molar-refractivity contribution in [1.82, 2.24) is 4.57 Å². The molecule has 1 aromatic heterocycles. The van der Waals surface area contributed by atoms with E-state index >= 15 is 0 Å². The molecule has 2 heteroatoms. The SMILES string of the molecule is Cc1cccc(Br)c1.c1ccc(-c2ccc3c(c2)c2ccccc2n3-c2ccccc2)cc1. The van der Waals surface area contributed by atoms with Crippen LogP contribution < -0.4 is 0 Å². The van der Waals surface area contributed by atoms with Gasteiger partial charge in [0.1, 0.15) is 0 Å². The molecule has 0 spiro atoms. The van der Waals surface area contributed by atoms with Gasteiger partial charge in [-0.1, -0.05) is 106 Å². The smallest absolute Gasteiger partial charge is 0.0541 e. The van der Waals surface area contributed by atoms with E-state index in [2.05, 4.69) is 143 Å². The fourth-order valence-electron chi connectivity index (χ4n) is 4.24. The Bertz CT molecular complexity index is 1500. The molecule has 0 radical (unpaired) electrons. The van der Waals surface area contributed by atoms with Gasteiger partial charge in [-0.2, -0.15) is 0 Å². The van der Waals surface area contributed by atoms with Crippen molar-refractivity contribution in [3.8, 4) is 16.8 Å². The molecule has 1 heterocycles. The zero-order valence-corrected chi connectivity index (χ0v) is 20.0. The Balaban J connectivity index is 0.000000243. The molecule has 0 aliphatic carbocycles. The van der Waals surface area contributed by atoms with E-state index < -0.39 is 0 Å². The first-order valence-corrected chi connectivity index (χ1v) is 11.9. The van der Waals surface area contributed by atoms with Crippen molar-refractivity contribution in [3.05, 3.63) is 137 Å². The average molecular weight is 490 g/mol. The predicted octanol–water partition coefficient (Wildman–Crippen LogP) is 9.21. The van der Waals surface area contributed by atoms with Crippen LogP contribution in [0.1, 0.15) is 5.56 Å². The van der Waals surface area contributed by atoms with Gasteiger partial charge in [0.15, 0.2) is 0 Å². The van der Waals surface area contributed by atoms with Crippen molar-refractivity contribution < 1.29 is 0 Å². The summed E-state index contributed by atoms with van der Waals surface area (Å²) in [6, 6.07) is 44.8. The first-order valence-electron chi connectivity index (χ1n) is 11.1. The molecule has 6 rings (SSSR count). The van der Waals surface area contributed by atoms with Crippen molar-refractivity contribution in [2.75, 3.05) is 0 Å². The minimum absolute atomic E-state index is 1.15. The van der Waals surface area contributed by atoms with Gasteiger partial charge in [-0.15, -0.1) is 0 Å². The molecule has 0 unspecified atom stereocenters. The Hall–Kier alpha value is -3.62. The normalized spacial score (nSPS) is 10.7. The molecule has 5 aromatic carbocycles. The summed E-state index contributed by atoms with van der Waals surface area (Å²) in [6.45, 7) is 2.07. The second-order valence-corrected chi connectivity index (χ2v) is 9.00. The van der Waals surface area contributed by atoms with Crippen LogP contribution in [0.3, 0.4) is 0 Å². The van der Waals surface area contributed by atoms with Gasteiger partial charge in [0, 0.05) is 20.9 Å². The number of benzene rings is 5. The summed E-state index contributed by atoms with van der Waals surface area (Å²) in [4.78, 5) is 0. The van der Waals surface area contributed by atoms with Gasteiger partial charge in [-0.05, 0) is 60.5 Å². The minimum atomic E-state index is 1.15. The van der Waals surface area contributed by atoms with Crippen LogP contribution in [0, 0.1) is 6.92 Å². The van der Waals surface area contributed by atoms with Crippen molar-refractivity contribution in [3.63, 3.8) is 0 Å². The summed E-state index contributed by atoms with van der Waals surface area (Å²) in [5.41, 5.74) is 7.48. The number of aromatic nitrogens is 1. The molecule has 0 bridgehead atoms. The van der Waals surface area contributed by atoms with Crippen LogP contribution >= 0.6 is 15.9 Å². The Morgan fingerprint density at radius 1 is 0.515 bits per heavy atom. The molecule has 160 valence electrons. The summed E-state index contributed by atoms with van der Waals surface area (Å²) in [5, 5.41) is 2.58. The Labute approximate surface area is 203 Å². The monoisotopic (exact) mass is 489 g/mol. The second kappa shape index (κ2) is 9.48. The van der Waals surface area contributed by atoms with Crippen molar-refractivity contribution in [2.24, 2.45) is 0 Å². The van der Waals surface area contributed by atoms with E-state index in [1.807, 2.05) is 12.1 Å². The first kappa shape index (κ1) is 21.2. The highest BCUT2D eigenvalue weighted by molar-refractivity contribution is 9.10. The van der Waals surface area contributed by atoms with Crippen molar-refractivity contribution >= 4 is 37.7 Å². The van der Waals surface area contributed by atoms with Crippen LogP contribution in [-0.4, -0.2) is 4.57 Å². The molecule has 0 saturated heterocycles. The molecule has 0 aliphatic heterocycles. The van der Waals surface area contributed by atoms with Crippen LogP contribution in [-0.2, 0) is 0 Å². The Kier molecular flexibility index (Phi) is 6.10. The minimum Gasteiger partial charge on any atom is -0.309 e. The van der Waals surface area contributed by atoms with E-state index in [0.29, 0.717) is 0 Å². The van der Waals surface area contributed by atoms with E-state index in [0.717, 1.165) is 4.47 Å². The van der Waals surface area contributed by atoms with Crippen LogP contribution in [0.5, 0.6) is 0 Å². The highest BCUT2D eigenvalue weighted by Crippen LogP contribution is 2.34. The lowest BCUT2D eigenvalue weighted by Crippen LogP contribution is -1.92. The number of hydrogen-bond acceptors (Lipinski definition) is 0. The Morgan fingerprint density at radius 3 is 1.88 bits per heavy atom. The lowest BCUT2D eigenvalue weighted by molar-refractivity contribution is 1.18. The largest absolute Gasteiger partial charge is 0.309 e. The highest BCUT2D eigenvalue weighted by atomic mass is 79.9. The molecule has 0 amide bonds. The number of halogens is 1. The van der Waals surface area contributed by atoms with E-state index in [4.69, 9.17) is 0 Å². The molecule has 1 nitrogen and oxygen atoms in total. The zero-order valence-electron chi connectivity index (χ0n) is 18.4. The maximum Gasteiger partial charge on any atom is 0.0541 e. The van der Waals surface area contributed by atoms with Crippen LogP contribution in [0.2, 0.25) is 0 Å². The van der Waals surface area contributed by atoms with Gasteiger partial charge in [-0.3, -0.25) is 0 Å². The molecule has 0 N–H and O–H groups in total. The zero-order chi connectivity index (χ0) is 22.6. The molecule has 0 saturated carbocycles. The quantitative estimate of drug-likeness (QED) is 0.228. The number of hydrogen-bond donors (Lipinski definition) is 0. The summed E-state index contributed by atoms with van der Waals surface area (Å²) in [6.07, 6.45) is 0. The molecular formula is C31H24BrN. The van der Waals surface area contributed by atoms with E-state index in [-0.39, 0.29) is 0 Å². The summed E-state index contributed by atoms with van der Waals surface area (Å²) >= 11 is 3.36. The highest BCUT2D eigenvalue weighted by Gasteiger charge is 2.12. The standard InChI is InChI=1S/C24H17N.C7H7Br/c1-3-9-18(10-4-1)19-15-16-24-22(17-19)21-13-7-8-14-23(21)25(24)20-11-5-2-6-12-20;1-6-3-2-4-7(8)5-6/h1-17H;2-5H,1H3. The molecule has 0 atom stereocenters. The van der Waals surface area contributed by atoms with Crippen molar-refractivity contribution in [2.45, 2.75) is 6.92 Å². The number of para-hydroxylation sites is 2. The second-order valence-electron chi connectivity index (χ2n) is 8.09. The van der Waals surface area contributed by atoms with Gasteiger partial charge in [-0.25, -0.2) is 0 Å². The third-order valence-electron chi connectivity index (χ3n) is 5.77. The fraction of sp³-hybridized carbons (Fsp3) is 0.0323. The molecular weight excluding hydrogens is 466 g/mol. The molecule has 33 heavy (non-hydrogen) atoms. The third-order valence-corrected chi connectivity index (χ3v) is 6.27. The topological polar surface area (TPSA) is 4.93 Å². The lowest BCUT2D eigenvalue weighted by Gasteiger charge is -2.08. The van der Waals surface area contributed by atoms with E-state index in [1.54, 1.807) is 0 Å². The molecule has 6 aromatic rings. The number of rotatable bonds is 2. The maximum absolute atomic E-state index is 3.36. The van der Waals surface area contributed by atoms with E-state index in [9.17, 15) is 0 Å². The third kappa shape index (κ3) is 4.48. The number of fused-ring (bicyclic) bond motifs is 3. The average Bonchev–Trinajstić information content (AvgIpc) is 3.19. The maximum atomic E-state index is 3.36. The molecule has 0 fully saturated rings. The van der Waals surface area contributed by atoms with Crippen LogP contribution in [0.25, 0.3) is 38.6 Å². The number of nitrogens with zero attached hydrogens (tertiary/aromatic N) is 1. The van der Waals surface area contributed by atoms with Crippen LogP contribution in [0.15, 0.2) is 132 Å². The number of aryl methyl sites for hydroxylation is 1. The van der Waals surface area contributed by atoms with E-state index in [1.165, 1.54) is 44.2 Å². The van der Waals surface area contributed by atoms with Gasteiger partial charge in [0.05, 0.1) is 11.0 Å².